The monoisotopic (exact) mass is 421 g/mol. The number of esters is 1. The summed E-state index contributed by atoms with van der Waals surface area (Å²) in [5.74, 6) is -0.00780. The van der Waals surface area contributed by atoms with Gasteiger partial charge in [-0.2, -0.15) is 0 Å². The van der Waals surface area contributed by atoms with Crippen molar-refractivity contribution in [2.24, 2.45) is 16.8 Å². The molecule has 1 heterocycles. The molecule has 0 bridgehead atoms. The fourth-order valence-electron chi connectivity index (χ4n) is 3.77. The number of rotatable bonds is 5. The molecule has 0 aromatic heterocycles. The van der Waals surface area contributed by atoms with Crippen LogP contribution in [0, 0.1) is 11.8 Å². The van der Waals surface area contributed by atoms with Crippen molar-refractivity contribution in [1.29, 1.82) is 0 Å². The van der Waals surface area contributed by atoms with Crippen LogP contribution < -0.4 is 10.0 Å². The number of amidine groups is 1. The fourth-order valence-corrected chi connectivity index (χ4v) is 5.01. The Bertz CT molecular complexity index is 928. The van der Waals surface area contributed by atoms with Crippen LogP contribution in [0.25, 0.3) is 0 Å². The van der Waals surface area contributed by atoms with E-state index in [-0.39, 0.29) is 29.3 Å². The Hall–Kier alpha value is -2.42. The molecule has 0 spiro atoms. The van der Waals surface area contributed by atoms with Gasteiger partial charge in [0.25, 0.3) is 15.9 Å². The van der Waals surface area contributed by atoms with Crippen LogP contribution in [0.15, 0.2) is 34.2 Å². The van der Waals surface area contributed by atoms with Gasteiger partial charge in [-0.25, -0.2) is 13.2 Å². The van der Waals surface area contributed by atoms with E-state index in [2.05, 4.69) is 28.9 Å². The van der Waals surface area contributed by atoms with E-state index in [1.165, 1.54) is 13.0 Å². The number of hydrogen-bond donors (Lipinski definition) is 2. The lowest BCUT2D eigenvalue weighted by atomic mass is 9.78. The quantitative estimate of drug-likeness (QED) is 0.701. The summed E-state index contributed by atoms with van der Waals surface area (Å²) in [5.41, 5.74) is 0.408. The van der Waals surface area contributed by atoms with Gasteiger partial charge in [-0.3, -0.25) is 14.5 Å². The predicted octanol–water partition coefficient (Wildman–Crippen LogP) is 1.60. The minimum Gasteiger partial charge on any atom is -0.454 e. The van der Waals surface area contributed by atoms with Gasteiger partial charge in [0, 0.05) is 11.6 Å². The Kier molecular flexibility index (Phi) is 6.26. The molecule has 1 amide bonds. The predicted molar refractivity (Wildman–Crippen MR) is 108 cm³/mol. The Morgan fingerprint density at radius 2 is 2.00 bits per heavy atom. The zero-order valence-corrected chi connectivity index (χ0v) is 17.7. The Labute approximate surface area is 171 Å². The van der Waals surface area contributed by atoms with Crippen molar-refractivity contribution >= 4 is 27.7 Å². The van der Waals surface area contributed by atoms with Gasteiger partial charge < -0.3 is 10.1 Å². The molecule has 0 unspecified atom stereocenters. The number of sulfonamides is 1. The summed E-state index contributed by atoms with van der Waals surface area (Å²) in [6.45, 7) is 5.42. The molecule has 1 aliphatic heterocycles. The van der Waals surface area contributed by atoms with Gasteiger partial charge in [0.05, 0.1) is 4.90 Å². The lowest BCUT2D eigenvalue weighted by Crippen LogP contribution is -2.45. The van der Waals surface area contributed by atoms with Gasteiger partial charge in [0.1, 0.15) is 11.9 Å². The minimum absolute atomic E-state index is 0.0898. The molecule has 0 radical (unpaired) electrons. The van der Waals surface area contributed by atoms with Crippen molar-refractivity contribution < 1.29 is 22.7 Å². The van der Waals surface area contributed by atoms with Crippen LogP contribution in [0.1, 0.15) is 45.6 Å². The summed E-state index contributed by atoms with van der Waals surface area (Å²) in [5, 5.41) is 2.95. The largest absolute Gasteiger partial charge is 0.454 e. The zero-order chi connectivity index (χ0) is 21.2. The molecule has 2 aliphatic rings. The smallest absolute Gasteiger partial charge is 0.331 e. The third-order valence-corrected chi connectivity index (χ3v) is 7.12. The average Bonchev–Trinajstić information content (AvgIpc) is 2.94. The van der Waals surface area contributed by atoms with E-state index >= 15 is 0 Å². The first kappa shape index (κ1) is 21.3. The third-order valence-electron chi connectivity index (χ3n) is 5.73. The maximum absolute atomic E-state index is 12.2. The number of benzene rings is 1. The molecule has 9 heteroatoms. The first-order valence-corrected chi connectivity index (χ1v) is 11.3. The number of nitrogens with one attached hydrogen (secondary N) is 2. The van der Waals surface area contributed by atoms with E-state index in [1.54, 1.807) is 18.2 Å². The second-order valence-electron chi connectivity index (χ2n) is 7.80. The molecular formula is C20H27N3O5S. The molecule has 2 N–H and O–H groups in total. The summed E-state index contributed by atoms with van der Waals surface area (Å²) in [6.07, 6.45) is 3.16. The second kappa shape index (κ2) is 8.52. The van der Waals surface area contributed by atoms with Crippen LogP contribution in [0.2, 0.25) is 0 Å². The molecule has 0 saturated heterocycles. The maximum Gasteiger partial charge on any atom is 0.331 e. The molecular weight excluding hydrogens is 394 g/mol. The van der Waals surface area contributed by atoms with E-state index in [0.717, 1.165) is 19.3 Å². The normalized spacial score (nSPS) is 27.6. The number of ether oxygens (including phenoxy) is 1. The molecule has 8 nitrogen and oxygen atoms in total. The number of nitrogens with zero attached hydrogens (tertiary/aromatic N) is 1. The van der Waals surface area contributed by atoms with Crippen molar-refractivity contribution in [3.63, 3.8) is 0 Å². The molecule has 1 aromatic rings. The Balaban J connectivity index is 1.56. The molecule has 1 aliphatic carbocycles. The van der Waals surface area contributed by atoms with Crippen LogP contribution in [0.3, 0.4) is 0 Å². The first-order valence-electron chi connectivity index (χ1n) is 9.85. The van der Waals surface area contributed by atoms with Gasteiger partial charge in [-0.05, 0) is 37.3 Å². The molecule has 1 aromatic carbocycles. The van der Waals surface area contributed by atoms with Crippen LogP contribution in [0.4, 0.5) is 0 Å². The molecule has 158 valence electrons. The van der Waals surface area contributed by atoms with Gasteiger partial charge in [-0.1, -0.05) is 38.8 Å². The highest BCUT2D eigenvalue weighted by Gasteiger charge is 2.32. The summed E-state index contributed by atoms with van der Waals surface area (Å²) in [7, 11) is -3.68. The molecule has 1 fully saturated rings. The van der Waals surface area contributed by atoms with Crippen LogP contribution in [-0.4, -0.2) is 44.8 Å². The van der Waals surface area contributed by atoms with Gasteiger partial charge in [0.2, 0.25) is 0 Å². The summed E-state index contributed by atoms with van der Waals surface area (Å²) < 4.78 is 31.6. The van der Waals surface area contributed by atoms with Crippen LogP contribution in [-0.2, 0) is 24.3 Å². The second-order valence-corrected chi connectivity index (χ2v) is 9.46. The van der Waals surface area contributed by atoms with E-state index in [1.807, 2.05) is 0 Å². The molecule has 4 atom stereocenters. The number of carbonyl (C=O) groups is 2. The van der Waals surface area contributed by atoms with Gasteiger partial charge in [-0.15, -0.1) is 0 Å². The zero-order valence-electron chi connectivity index (χ0n) is 16.8. The highest BCUT2D eigenvalue weighted by Crippen LogP contribution is 2.29. The number of hydrogen-bond acceptors (Lipinski definition) is 6. The van der Waals surface area contributed by atoms with Crippen molar-refractivity contribution in [3.05, 3.63) is 29.8 Å². The van der Waals surface area contributed by atoms with E-state index < -0.39 is 22.0 Å². The SMILES string of the molecule is C[C@@H]1[C@H](C)CCC[C@@H]1NC(=O)COC(=O)[C@H](C)N=C1NS(=O)(=O)c2ccccc21. The Morgan fingerprint density at radius 3 is 2.76 bits per heavy atom. The van der Waals surface area contributed by atoms with E-state index in [9.17, 15) is 18.0 Å². The number of amides is 1. The lowest BCUT2D eigenvalue weighted by molar-refractivity contribution is -0.149. The number of aliphatic imine (C=N–C) groups is 1. The third kappa shape index (κ3) is 4.77. The lowest BCUT2D eigenvalue weighted by Gasteiger charge is -2.34. The van der Waals surface area contributed by atoms with E-state index in [0.29, 0.717) is 17.4 Å². The van der Waals surface area contributed by atoms with Gasteiger partial charge >= 0.3 is 5.97 Å². The topological polar surface area (TPSA) is 114 Å². The molecule has 29 heavy (non-hydrogen) atoms. The van der Waals surface area contributed by atoms with Crippen LogP contribution in [0.5, 0.6) is 0 Å². The minimum atomic E-state index is -3.68. The fraction of sp³-hybridized carbons (Fsp3) is 0.550. The summed E-state index contributed by atoms with van der Waals surface area (Å²) in [6, 6.07) is 5.53. The van der Waals surface area contributed by atoms with Crippen molar-refractivity contribution in [1.82, 2.24) is 10.0 Å². The number of carbonyl (C=O) groups excluding carboxylic acids is 2. The average molecular weight is 422 g/mol. The maximum atomic E-state index is 12.2. The highest BCUT2D eigenvalue weighted by atomic mass is 32.2. The van der Waals surface area contributed by atoms with Crippen molar-refractivity contribution in [2.75, 3.05) is 6.61 Å². The molecule has 3 rings (SSSR count). The Morgan fingerprint density at radius 1 is 1.28 bits per heavy atom. The van der Waals surface area contributed by atoms with Crippen LogP contribution >= 0.6 is 0 Å². The summed E-state index contributed by atoms with van der Waals surface area (Å²) >= 11 is 0. The number of fused-ring (bicyclic) bond motifs is 1. The summed E-state index contributed by atoms with van der Waals surface area (Å²) in [4.78, 5) is 28.7. The highest BCUT2D eigenvalue weighted by molar-refractivity contribution is 7.90. The van der Waals surface area contributed by atoms with Gasteiger partial charge in [0.15, 0.2) is 6.61 Å². The molecule has 1 saturated carbocycles. The van der Waals surface area contributed by atoms with E-state index in [4.69, 9.17) is 4.74 Å². The first-order chi connectivity index (χ1) is 13.7. The van der Waals surface area contributed by atoms with Crippen molar-refractivity contribution in [2.45, 2.75) is 57.0 Å². The van der Waals surface area contributed by atoms with Crippen molar-refractivity contribution in [3.8, 4) is 0 Å². The standard InChI is InChI=1S/C20H27N3O5S/c1-12-7-6-9-16(13(12)2)22-18(24)11-28-20(25)14(3)21-19-15-8-4-5-10-17(15)29(26,27)23-19/h4-5,8,10,12-14,16H,6-7,9,11H2,1-3H3,(H,21,23)(H,22,24)/t12-,13-,14+,16+/m1/s1.